The first-order valence-corrected chi connectivity index (χ1v) is 12.8. The van der Waals surface area contributed by atoms with Crippen LogP contribution in [0.5, 0.6) is 0 Å². The molecule has 9 nitrogen and oxygen atoms in total. The third-order valence-corrected chi connectivity index (χ3v) is 6.51. The maximum absolute atomic E-state index is 12.9. The highest BCUT2D eigenvalue weighted by molar-refractivity contribution is 7.98. The number of nitrogens with two attached hydrogens (primary N) is 1. The number of carbonyl (C=O) groups excluding carboxylic acids is 3. The first-order valence-electron chi connectivity index (χ1n) is 10.8. The zero-order valence-corrected chi connectivity index (χ0v) is 20.3. The van der Waals surface area contributed by atoms with Crippen LogP contribution in [0, 0.1) is 0 Å². The number of rotatable bonds is 12. The number of carboxylic acid groups (broad SMARTS) is 1. The van der Waals surface area contributed by atoms with Crippen molar-refractivity contribution >= 4 is 48.1 Å². The Bertz CT molecular complexity index is 826. The van der Waals surface area contributed by atoms with E-state index in [4.69, 9.17) is 5.73 Å². The lowest BCUT2D eigenvalue weighted by atomic mass is 10.1. The van der Waals surface area contributed by atoms with Crippen LogP contribution in [-0.2, 0) is 25.6 Å². The Kier molecular flexibility index (Phi) is 11.0. The van der Waals surface area contributed by atoms with Crippen LogP contribution in [-0.4, -0.2) is 82.2 Å². The quantitative estimate of drug-likeness (QED) is 0.262. The summed E-state index contributed by atoms with van der Waals surface area (Å²) >= 11 is 5.75. The van der Waals surface area contributed by atoms with Crippen LogP contribution >= 0.6 is 24.4 Å². The van der Waals surface area contributed by atoms with Crippen LogP contribution in [0.2, 0.25) is 0 Å². The van der Waals surface area contributed by atoms with Crippen molar-refractivity contribution in [2.24, 2.45) is 5.73 Å². The molecule has 0 aromatic heterocycles. The predicted molar refractivity (Wildman–Crippen MR) is 131 cm³/mol. The van der Waals surface area contributed by atoms with Crippen molar-refractivity contribution in [1.82, 2.24) is 15.5 Å². The normalized spacial score (nSPS) is 18.3. The van der Waals surface area contributed by atoms with Gasteiger partial charge in [-0.15, -0.1) is 0 Å². The molecule has 0 bridgehead atoms. The molecule has 182 valence electrons. The molecule has 3 amide bonds. The highest BCUT2D eigenvalue weighted by Gasteiger charge is 2.37. The largest absolute Gasteiger partial charge is 0.480 e. The summed E-state index contributed by atoms with van der Waals surface area (Å²) in [6.45, 7) is 0.430. The first-order chi connectivity index (χ1) is 15.8. The highest BCUT2D eigenvalue weighted by Crippen LogP contribution is 2.19. The van der Waals surface area contributed by atoms with E-state index in [1.165, 1.54) is 4.90 Å². The zero-order valence-electron chi connectivity index (χ0n) is 18.6. The van der Waals surface area contributed by atoms with Gasteiger partial charge in [-0.3, -0.25) is 14.4 Å². The van der Waals surface area contributed by atoms with E-state index in [9.17, 15) is 24.3 Å². The number of thioether (sulfide) groups is 1. The minimum atomic E-state index is -1.18. The second-order valence-corrected chi connectivity index (χ2v) is 9.26. The number of hydrogen-bond acceptors (Lipinski definition) is 7. The minimum absolute atomic E-state index is 0.0246. The predicted octanol–water partition coefficient (Wildman–Crippen LogP) is 0.285. The van der Waals surface area contributed by atoms with E-state index < -0.39 is 42.0 Å². The van der Waals surface area contributed by atoms with Crippen LogP contribution in [0.3, 0.4) is 0 Å². The standard InChI is InChI=1S/C22H32N4O5S2/c1-33-11-9-15(23)21(29)26-10-5-8-18(26)20(28)25-17(13-32)19(27)24-16(22(30)31)12-14-6-3-2-4-7-14/h2-4,6-7,15-18,32H,5,8-13,23H2,1H3,(H,24,27)(H,25,28)(H,30,31). The summed E-state index contributed by atoms with van der Waals surface area (Å²) in [5.41, 5.74) is 6.76. The van der Waals surface area contributed by atoms with Crippen molar-refractivity contribution in [3.05, 3.63) is 35.9 Å². The fourth-order valence-corrected chi connectivity index (χ4v) is 4.42. The molecule has 11 heteroatoms. The third kappa shape index (κ3) is 7.94. The van der Waals surface area contributed by atoms with Gasteiger partial charge in [0.05, 0.1) is 6.04 Å². The summed E-state index contributed by atoms with van der Waals surface area (Å²) in [4.78, 5) is 51.5. The second kappa shape index (κ2) is 13.5. The summed E-state index contributed by atoms with van der Waals surface area (Å²) in [6, 6.07) is 5.35. The molecule has 0 radical (unpaired) electrons. The van der Waals surface area contributed by atoms with Gasteiger partial charge in [0.2, 0.25) is 17.7 Å². The Labute approximate surface area is 203 Å². The van der Waals surface area contributed by atoms with E-state index in [0.29, 0.717) is 25.8 Å². The van der Waals surface area contributed by atoms with Crippen LogP contribution in [0.4, 0.5) is 0 Å². The van der Waals surface area contributed by atoms with Crippen molar-refractivity contribution in [2.45, 2.75) is 49.9 Å². The van der Waals surface area contributed by atoms with Gasteiger partial charge in [-0.25, -0.2) is 4.79 Å². The maximum Gasteiger partial charge on any atom is 0.326 e. The van der Waals surface area contributed by atoms with Crippen molar-refractivity contribution in [1.29, 1.82) is 0 Å². The molecule has 1 aliphatic heterocycles. The van der Waals surface area contributed by atoms with Crippen molar-refractivity contribution in [3.8, 4) is 0 Å². The number of nitrogens with one attached hydrogen (secondary N) is 2. The molecule has 1 fully saturated rings. The minimum Gasteiger partial charge on any atom is -0.480 e. The molecule has 1 aromatic rings. The lowest BCUT2D eigenvalue weighted by molar-refractivity contribution is -0.142. The summed E-state index contributed by atoms with van der Waals surface area (Å²) in [5, 5.41) is 14.6. The maximum atomic E-state index is 12.9. The molecule has 0 spiro atoms. The monoisotopic (exact) mass is 496 g/mol. The number of carbonyl (C=O) groups is 4. The molecule has 5 N–H and O–H groups in total. The van der Waals surface area contributed by atoms with Crippen LogP contribution in [0.1, 0.15) is 24.8 Å². The van der Waals surface area contributed by atoms with Gasteiger partial charge in [0, 0.05) is 18.7 Å². The number of likely N-dealkylation sites (tertiary alicyclic amines) is 1. The average molecular weight is 497 g/mol. The fourth-order valence-electron chi connectivity index (χ4n) is 3.67. The Morgan fingerprint density at radius 3 is 2.52 bits per heavy atom. The van der Waals surface area contributed by atoms with Gasteiger partial charge >= 0.3 is 5.97 Å². The summed E-state index contributed by atoms with van der Waals surface area (Å²) in [6.07, 6.45) is 3.69. The third-order valence-electron chi connectivity index (χ3n) is 5.50. The van der Waals surface area contributed by atoms with Gasteiger partial charge in [0.25, 0.3) is 0 Å². The Morgan fingerprint density at radius 1 is 1.21 bits per heavy atom. The van der Waals surface area contributed by atoms with E-state index in [-0.39, 0.29) is 18.1 Å². The van der Waals surface area contributed by atoms with Crippen molar-refractivity contribution in [3.63, 3.8) is 0 Å². The lowest BCUT2D eigenvalue weighted by Crippen LogP contribution is -2.57. The van der Waals surface area contributed by atoms with E-state index in [2.05, 4.69) is 23.3 Å². The SMILES string of the molecule is CSCCC(N)C(=O)N1CCCC1C(=O)NC(CS)C(=O)NC(Cc1ccccc1)C(=O)O. The topological polar surface area (TPSA) is 142 Å². The number of thiol groups is 1. The van der Waals surface area contributed by atoms with Crippen LogP contribution < -0.4 is 16.4 Å². The van der Waals surface area contributed by atoms with E-state index in [0.717, 1.165) is 11.3 Å². The second-order valence-electron chi connectivity index (χ2n) is 7.91. The molecule has 2 rings (SSSR count). The Balaban J connectivity index is 2.00. The van der Waals surface area contributed by atoms with E-state index in [1.54, 1.807) is 36.0 Å². The van der Waals surface area contributed by atoms with Crippen LogP contribution in [0.25, 0.3) is 0 Å². The van der Waals surface area contributed by atoms with Gasteiger partial charge in [-0.1, -0.05) is 30.3 Å². The zero-order chi connectivity index (χ0) is 24.4. The van der Waals surface area contributed by atoms with Gasteiger partial charge in [-0.2, -0.15) is 24.4 Å². The summed E-state index contributed by atoms with van der Waals surface area (Å²) in [5.74, 6) is -1.85. The molecule has 4 unspecified atom stereocenters. The summed E-state index contributed by atoms with van der Waals surface area (Å²) < 4.78 is 0. The number of benzene rings is 1. The lowest BCUT2D eigenvalue weighted by Gasteiger charge is -2.28. The van der Waals surface area contributed by atoms with E-state index in [1.807, 2.05) is 12.3 Å². The molecular formula is C22H32N4O5S2. The van der Waals surface area contributed by atoms with E-state index >= 15 is 0 Å². The molecule has 33 heavy (non-hydrogen) atoms. The molecule has 0 saturated carbocycles. The molecule has 1 aliphatic rings. The molecule has 4 atom stereocenters. The number of aliphatic carboxylic acids is 1. The number of hydrogen-bond donors (Lipinski definition) is 5. The van der Waals surface area contributed by atoms with Crippen LogP contribution in [0.15, 0.2) is 30.3 Å². The van der Waals surface area contributed by atoms with Gasteiger partial charge in [-0.05, 0) is 36.8 Å². The first kappa shape index (κ1) is 27.0. The highest BCUT2D eigenvalue weighted by atomic mass is 32.2. The fraction of sp³-hybridized carbons (Fsp3) is 0.545. The van der Waals surface area contributed by atoms with Crippen molar-refractivity contribution in [2.75, 3.05) is 24.3 Å². The molecule has 1 aromatic carbocycles. The molecule has 1 saturated heterocycles. The summed E-state index contributed by atoms with van der Waals surface area (Å²) in [7, 11) is 0. The Morgan fingerprint density at radius 2 is 1.91 bits per heavy atom. The molecular weight excluding hydrogens is 464 g/mol. The number of amides is 3. The smallest absolute Gasteiger partial charge is 0.326 e. The van der Waals surface area contributed by atoms with Gasteiger partial charge in [0.1, 0.15) is 18.1 Å². The molecule has 0 aliphatic carbocycles. The average Bonchev–Trinajstić information content (AvgIpc) is 3.30. The van der Waals surface area contributed by atoms with Crippen molar-refractivity contribution < 1.29 is 24.3 Å². The van der Waals surface area contributed by atoms with Gasteiger partial charge < -0.3 is 26.4 Å². The number of nitrogens with zero attached hydrogens (tertiary/aromatic N) is 1. The van der Waals surface area contributed by atoms with Gasteiger partial charge in [0.15, 0.2) is 0 Å². The number of carboxylic acids is 1. The molecule has 1 heterocycles. The Hall–Kier alpha value is -2.24.